The van der Waals surface area contributed by atoms with Crippen molar-refractivity contribution >= 4 is 11.9 Å². The second kappa shape index (κ2) is 19.6. The van der Waals surface area contributed by atoms with Crippen molar-refractivity contribution in [1.29, 1.82) is 0 Å². The van der Waals surface area contributed by atoms with Gasteiger partial charge in [-0.1, -0.05) is 0 Å². The van der Waals surface area contributed by atoms with E-state index in [0.29, 0.717) is 58.3 Å². The lowest BCUT2D eigenvalue weighted by Crippen LogP contribution is -2.50. The van der Waals surface area contributed by atoms with E-state index in [1.807, 2.05) is 6.92 Å². The quantitative estimate of drug-likeness (QED) is 0.358. The SMILES string of the molecule is CCOC1CC(C(=O)OC2CCCOC3CC(CC(OC)C3OC)C(=O)OCCCN3CCCN(CC2)CC3)CC(OC)C1OC. The average molecular weight is 657 g/mol. The molecular weight excluding hydrogens is 596 g/mol. The molecule has 4 aliphatic rings. The summed E-state index contributed by atoms with van der Waals surface area (Å²) in [4.78, 5) is 31.7. The molecule has 46 heavy (non-hydrogen) atoms. The number of hydrogen-bond donors (Lipinski definition) is 0. The molecule has 2 saturated heterocycles. The molecule has 4 fully saturated rings. The van der Waals surface area contributed by atoms with Crippen LogP contribution in [0.1, 0.15) is 64.7 Å². The molecule has 2 aliphatic carbocycles. The molecule has 12 heteroatoms. The van der Waals surface area contributed by atoms with Crippen LogP contribution in [0.15, 0.2) is 0 Å². The van der Waals surface area contributed by atoms with Crippen molar-refractivity contribution in [2.45, 2.75) is 107 Å². The number of carbonyl (C=O) groups excluding carboxylic acids is 2. The molecular formula is C34H60N2O10. The van der Waals surface area contributed by atoms with Gasteiger partial charge in [-0.2, -0.15) is 0 Å². The zero-order valence-electron chi connectivity index (χ0n) is 28.9. The molecule has 2 saturated carbocycles. The van der Waals surface area contributed by atoms with Gasteiger partial charge in [-0.25, -0.2) is 0 Å². The number of carbonyl (C=O) groups is 2. The van der Waals surface area contributed by atoms with Gasteiger partial charge in [0, 0.05) is 67.8 Å². The summed E-state index contributed by atoms with van der Waals surface area (Å²) >= 11 is 0. The predicted octanol–water partition coefficient (Wildman–Crippen LogP) is 2.69. The Morgan fingerprint density at radius 3 is 2.11 bits per heavy atom. The third kappa shape index (κ3) is 10.6. The summed E-state index contributed by atoms with van der Waals surface area (Å²) in [5, 5.41) is 0. The van der Waals surface area contributed by atoms with Crippen molar-refractivity contribution in [2.75, 3.05) is 87.5 Å². The van der Waals surface area contributed by atoms with Gasteiger partial charge in [0.25, 0.3) is 0 Å². The van der Waals surface area contributed by atoms with Crippen LogP contribution in [0.5, 0.6) is 0 Å². The molecule has 0 aromatic heterocycles. The Morgan fingerprint density at radius 2 is 1.41 bits per heavy atom. The Kier molecular flexibility index (Phi) is 15.9. The van der Waals surface area contributed by atoms with Crippen LogP contribution in [0.2, 0.25) is 0 Å². The van der Waals surface area contributed by atoms with Crippen molar-refractivity contribution in [3.63, 3.8) is 0 Å². The summed E-state index contributed by atoms with van der Waals surface area (Å²) in [6, 6.07) is 0. The van der Waals surface area contributed by atoms with Crippen LogP contribution < -0.4 is 0 Å². The minimum atomic E-state index is -0.319. The van der Waals surface area contributed by atoms with Gasteiger partial charge in [0.1, 0.15) is 18.3 Å². The Labute approximate surface area is 276 Å². The van der Waals surface area contributed by atoms with Gasteiger partial charge >= 0.3 is 11.9 Å². The maximum Gasteiger partial charge on any atom is 0.309 e. The van der Waals surface area contributed by atoms with E-state index in [-0.39, 0.29) is 66.5 Å². The zero-order chi connectivity index (χ0) is 32.9. The topological polar surface area (TPSA) is 114 Å². The second-order valence-corrected chi connectivity index (χ2v) is 13.2. The molecule has 266 valence electrons. The van der Waals surface area contributed by atoms with E-state index in [1.165, 1.54) is 0 Å². The van der Waals surface area contributed by atoms with Crippen molar-refractivity contribution in [1.82, 2.24) is 9.80 Å². The van der Waals surface area contributed by atoms with Gasteiger partial charge < -0.3 is 47.7 Å². The van der Waals surface area contributed by atoms with Gasteiger partial charge in [0.05, 0.1) is 42.9 Å². The molecule has 0 aromatic rings. The standard InChI is InChI=1S/C34H60N2O10/c1-6-43-29-23-25(21-28(40-3)31(29)41-4)34(38)46-26-10-7-18-44-30-22-24(20-27(39-2)32(30)42-5)33(37)45-19-9-14-35-12-8-13-36(15-11-26)17-16-35/h24-32H,6-23H2,1-5H3. The molecule has 0 amide bonds. The van der Waals surface area contributed by atoms with Crippen LogP contribution in [0.3, 0.4) is 0 Å². The summed E-state index contributed by atoms with van der Waals surface area (Å²) in [6.07, 6.45) is 4.49. The zero-order valence-corrected chi connectivity index (χ0v) is 28.9. The Bertz CT molecular complexity index is 911. The van der Waals surface area contributed by atoms with Crippen LogP contribution in [0.4, 0.5) is 0 Å². The highest BCUT2D eigenvalue weighted by molar-refractivity contribution is 5.73. The third-order valence-corrected chi connectivity index (χ3v) is 10.3. The highest BCUT2D eigenvalue weighted by atomic mass is 16.6. The molecule has 0 spiro atoms. The lowest BCUT2D eigenvalue weighted by Gasteiger charge is -2.39. The number of methoxy groups -OCH3 is 4. The number of fused-ring (bicyclic) bond motifs is 5. The minimum Gasteiger partial charge on any atom is -0.465 e. The van der Waals surface area contributed by atoms with Crippen LogP contribution >= 0.6 is 0 Å². The molecule has 4 rings (SSSR count). The lowest BCUT2D eigenvalue weighted by molar-refractivity contribution is -0.176. The summed E-state index contributed by atoms with van der Waals surface area (Å²) < 4.78 is 47.4. The minimum absolute atomic E-state index is 0.182. The number of nitrogens with zero attached hydrogens (tertiary/aromatic N) is 2. The van der Waals surface area contributed by atoms with E-state index >= 15 is 0 Å². The van der Waals surface area contributed by atoms with Gasteiger partial charge in [0.2, 0.25) is 0 Å². The first kappa shape index (κ1) is 37.4. The molecule has 0 aromatic carbocycles. The highest BCUT2D eigenvalue weighted by Gasteiger charge is 2.44. The van der Waals surface area contributed by atoms with Crippen molar-refractivity contribution in [2.24, 2.45) is 11.8 Å². The maximum atomic E-state index is 13.7. The number of cyclic esters (lactones) is 1. The number of hydrogen-bond acceptors (Lipinski definition) is 12. The van der Waals surface area contributed by atoms with E-state index in [9.17, 15) is 9.59 Å². The monoisotopic (exact) mass is 656 g/mol. The first-order valence-electron chi connectivity index (χ1n) is 17.6. The summed E-state index contributed by atoms with van der Waals surface area (Å²) in [5.74, 6) is -0.989. The van der Waals surface area contributed by atoms with Crippen molar-refractivity contribution in [3.8, 4) is 0 Å². The van der Waals surface area contributed by atoms with Crippen LogP contribution in [-0.4, -0.2) is 152 Å². The first-order chi connectivity index (χ1) is 22.4. The summed E-state index contributed by atoms with van der Waals surface area (Å²) in [7, 11) is 6.63. The molecule has 12 nitrogen and oxygen atoms in total. The van der Waals surface area contributed by atoms with Gasteiger partial charge in [-0.05, 0) is 77.8 Å². The Hall–Kier alpha value is -1.38. The fraction of sp³-hybridized carbons (Fsp3) is 0.941. The van der Waals surface area contributed by atoms with Crippen LogP contribution in [0.25, 0.3) is 0 Å². The van der Waals surface area contributed by atoms with Crippen LogP contribution in [-0.2, 0) is 47.5 Å². The van der Waals surface area contributed by atoms with E-state index in [1.54, 1.807) is 28.4 Å². The molecule has 11 unspecified atom stereocenters. The number of ether oxygens (including phenoxy) is 8. The fourth-order valence-corrected chi connectivity index (χ4v) is 7.77. The Balaban J connectivity index is 1.44. The van der Waals surface area contributed by atoms with E-state index < -0.39 is 0 Å². The molecule has 0 radical (unpaired) electrons. The fourth-order valence-electron chi connectivity index (χ4n) is 7.77. The summed E-state index contributed by atoms with van der Waals surface area (Å²) in [5.41, 5.74) is 0. The molecule has 2 heterocycles. The van der Waals surface area contributed by atoms with Gasteiger partial charge in [-0.15, -0.1) is 0 Å². The van der Waals surface area contributed by atoms with E-state index in [4.69, 9.17) is 37.9 Å². The smallest absolute Gasteiger partial charge is 0.309 e. The first-order valence-corrected chi connectivity index (χ1v) is 17.6. The summed E-state index contributed by atoms with van der Waals surface area (Å²) in [6.45, 7) is 9.14. The molecule has 0 N–H and O–H groups in total. The largest absolute Gasteiger partial charge is 0.465 e. The highest BCUT2D eigenvalue weighted by Crippen LogP contribution is 2.33. The number of rotatable bonds is 8. The average Bonchev–Trinajstić information content (AvgIpc) is 3.31. The number of esters is 2. The van der Waals surface area contributed by atoms with Crippen molar-refractivity contribution in [3.05, 3.63) is 0 Å². The van der Waals surface area contributed by atoms with E-state index in [2.05, 4.69) is 9.80 Å². The molecule has 2 aliphatic heterocycles. The van der Waals surface area contributed by atoms with E-state index in [0.717, 1.165) is 58.5 Å². The third-order valence-electron chi connectivity index (χ3n) is 10.3. The second-order valence-electron chi connectivity index (χ2n) is 13.2. The molecule has 4 bridgehead atoms. The Morgan fingerprint density at radius 1 is 0.739 bits per heavy atom. The maximum absolute atomic E-state index is 13.7. The molecule has 11 atom stereocenters. The lowest BCUT2D eigenvalue weighted by atomic mass is 9.83. The van der Waals surface area contributed by atoms with Crippen LogP contribution in [0, 0.1) is 11.8 Å². The normalized spacial score (nSPS) is 38.9. The van der Waals surface area contributed by atoms with Gasteiger partial charge in [-0.3, -0.25) is 9.59 Å². The van der Waals surface area contributed by atoms with Gasteiger partial charge in [0.15, 0.2) is 0 Å². The predicted molar refractivity (Wildman–Crippen MR) is 171 cm³/mol. The van der Waals surface area contributed by atoms with Crippen molar-refractivity contribution < 1.29 is 47.5 Å².